The summed E-state index contributed by atoms with van der Waals surface area (Å²) in [6.07, 6.45) is 4.25. The number of rotatable bonds is 7. The Balaban J connectivity index is 1.49. The van der Waals surface area contributed by atoms with Crippen LogP contribution in [0.15, 0.2) is 12.2 Å². The first-order valence-corrected chi connectivity index (χ1v) is 8.88. The Bertz CT molecular complexity index is 425. The van der Waals surface area contributed by atoms with Gasteiger partial charge in [0, 0.05) is 52.0 Å². The lowest BCUT2D eigenvalue weighted by molar-refractivity contribution is -0.135. The highest BCUT2D eigenvalue weighted by molar-refractivity contribution is 5.83. The molecule has 0 bridgehead atoms. The monoisotopic (exact) mass is 336 g/mol. The van der Waals surface area contributed by atoms with Crippen LogP contribution in [0.5, 0.6) is 0 Å². The number of amides is 2. The minimum atomic E-state index is 0.0933. The molecule has 0 aliphatic carbocycles. The molecule has 0 aromatic rings. The molecule has 2 heterocycles. The van der Waals surface area contributed by atoms with E-state index in [9.17, 15) is 14.4 Å². The van der Waals surface area contributed by atoms with Crippen molar-refractivity contribution in [3.05, 3.63) is 12.2 Å². The van der Waals surface area contributed by atoms with Gasteiger partial charge in [-0.1, -0.05) is 12.2 Å². The second kappa shape index (κ2) is 9.57. The van der Waals surface area contributed by atoms with E-state index in [1.807, 2.05) is 4.90 Å². The molecule has 0 N–H and O–H groups in total. The zero-order valence-corrected chi connectivity index (χ0v) is 14.4. The third-order valence-electron chi connectivity index (χ3n) is 4.64. The Kier molecular flexibility index (Phi) is 7.43. The summed E-state index contributed by atoms with van der Waals surface area (Å²) in [6.45, 7) is 7.48. The van der Waals surface area contributed by atoms with Crippen LogP contribution in [0.3, 0.4) is 0 Å². The van der Waals surface area contributed by atoms with Crippen LogP contribution >= 0.6 is 0 Å². The van der Waals surface area contributed by atoms with Gasteiger partial charge < -0.3 is 14.5 Å². The topological polar surface area (TPSA) is 66.9 Å². The Morgan fingerprint density at radius 1 is 0.875 bits per heavy atom. The van der Waals surface area contributed by atoms with E-state index in [1.165, 1.54) is 5.57 Å². The van der Waals surface area contributed by atoms with E-state index in [0.717, 1.165) is 25.9 Å². The number of piperidine rings is 2. The number of carbonyl (C=O) groups is 3. The lowest BCUT2D eigenvalue weighted by atomic mass is 10.1. The summed E-state index contributed by atoms with van der Waals surface area (Å²) in [5.41, 5.74) is 1.22. The molecule has 2 rings (SSSR count). The van der Waals surface area contributed by atoms with Gasteiger partial charge in [-0.05, 0) is 19.3 Å². The van der Waals surface area contributed by atoms with Gasteiger partial charge >= 0.3 is 0 Å². The molecule has 6 heteroatoms. The van der Waals surface area contributed by atoms with E-state index in [-0.39, 0.29) is 17.6 Å². The molecule has 2 amide bonds. The zero-order valence-electron chi connectivity index (χ0n) is 14.4. The van der Waals surface area contributed by atoms with Gasteiger partial charge in [0.25, 0.3) is 0 Å². The molecule has 24 heavy (non-hydrogen) atoms. The summed E-state index contributed by atoms with van der Waals surface area (Å²) in [5, 5.41) is 0. The number of ether oxygens (including phenoxy) is 1. The SMILES string of the molecule is C=C1CCN(C(=O)CCOCCCC(=O)N2CCC(=O)CC2)CC1. The van der Waals surface area contributed by atoms with E-state index in [2.05, 4.69) is 6.58 Å². The summed E-state index contributed by atoms with van der Waals surface area (Å²) in [5.74, 6) is 0.470. The predicted octanol–water partition coefficient (Wildman–Crippen LogP) is 1.54. The number of hydrogen-bond donors (Lipinski definition) is 0. The molecule has 0 spiro atoms. The van der Waals surface area contributed by atoms with Crippen molar-refractivity contribution in [2.24, 2.45) is 0 Å². The standard InChI is InChI=1S/C18H28N2O4/c1-15-4-9-19(10-5-15)18(23)8-14-24-13-2-3-17(22)20-11-6-16(21)7-12-20/h1-14H2. The number of nitrogens with zero attached hydrogens (tertiary/aromatic N) is 2. The van der Waals surface area contributed by atoms with E-state index in [0.29, 0.717) is 58.4 Å². The fourth-order valence-corrected chi connectivity index (χ4v) is 2.98. The predicted molar refractivity (Wildman–Crippen MR) is 90.4 cm³/mol. The number of ketones is 1. The maximum Gasteiger partial charge on any atom is 0.224 e. The lowest BCUT2D eigenvalue weighted by Gasteiger charge is -2.28. The molecule has 0 aromatic carbocycles. The summed E-state index contributed by atoms with van der Waals surface area (Å²) < 4.78 is 5.48. The Morgan fingerprint density at radius 2 is 1.42 bits per heavy atom. The van der Waals surface area contributed by atoms with Crippen LogP contribution in [0.2, 0.25) is 0 Å². The third-order valence-corrected chi connectivity index (χ3v) is 4.64. The van der Waals surface area contributed by atoms with Gasteiger partial charge in [-0.15, -0.1) is 0 Å². The van der Waals surface area contributed by atoms with Crippen molar-refractivity contribution in [1.29, 1.82) is 0 Å². The Labute approximate surface area is 143 Å². The van der Waals surface area contributed by atoms with Gasteiger partial charge in [-0.25, -0.2) is 0 Å². The number of carbonyl (C=O) groups excluding carboxylic acids is 3. The molecule has 2 saturated heterocycles. The summed E-state index contributed by atoms with van der Waals surface area (Å²) in [7, 11) is 0. The highest BCUT2D eigenvalue weighted by Crippen LogP contribution is 2.14. The van der Waals surface area contributed by atoms with Crippen molar-refractivity contribution >= 4 is 17.6 Å². The number of hydrogen-bond acceptors (Lipinski definition) is 4. The van der Waals surface area contributed by atoms with Crippen LogP contribution in [0.4, 0.5) is 0 Å². The van der Waals surface area contributed by atoms with Crippen LogP contribution in [0, 0.1) is 0 Å². The minimum Gasteiger partial charge on any atom is -0.381 e. The largest absolute Gasteiger partial charge is 0.381 e. The highest BCUT2D eigenvalue weighted by Gasteiger charge is 2.20. The maximum absolute atomic E-state index is 12.0. The maximum atomic E-state index is 12.0. The van der Waals surface area contributed by atoms with E-state index in [1.54, 1.807) is 4.90 Å². The molecule has 6 nitrogen and oxygen atoms in total. The molecule has 134 valence electrons. The summed E-state index contributed by atoms with van der Waals surface area (Å²) in [4.78, 5) is 38.8. The van der Waals surface area contributed by atoms with Crippen molar-refractivity contribution in [1.82, 2.24) is 9.80 Å². The van der Waals surface area contributed by atoms with Crippen LogP contribution < -0.4 is 0 Å². The minimum absolute atomic E-state index is 0.0933. The molecule has 0 saturated carbocycles. The van der Waals surface area contributed by atoms with Crippen molar-refractivity contribution in [2.45, 2.75) is 44.9 Å². The average Bonchev–Trinajstić information content (AvgIpc) is 2.58. The van der Waals surface area contributed by atoms with Crippen LogP contribution in [-0.4, -0.2) is 66.8 Å². The highest BCUT2D eigenvalue weighted by atomic mass is 16.5. The van der Waals surface area contributed by atoms with E-state index < -0.39 is 0 Å². The van der Waals surface area contributed by atoms with Crippen molar-refractivity contribution < 1.29 is 19.1 Å². The third kappa shape index (κ3) is 6.07. The Morgan fingerprint density at radius 3 is 2.04 bits per heavy atom. The van der Waals surface area contributed by atoms with Crippen molar-refractivity contribution in [3.63, 3.8) is 0 Å². The first-order valence-electron chi connectivity index (χ1n) is 8.88. The molecule has 2 fully saturated rings. The molecule has 0 aromatic heterocycles. The average molecular weight is 336 g/mol. The summed E-state index contributed by atoms with van der Waals surface area (Å²) >= 11 is 0. The van der Waals surface area contributed by atoms with Crippen LogP contribution in [-0.2, 0) is 19.1 Å². The van der Waals surface area contributed by atoms with Gasteiger partial charge in [0.2, 0.25) is 11.8 Å². The molecular formula is C18H28N2O4. The second-order valence-electron chi connectivity index (χ2n) is 6.52. The van der Waals surface area contributed by atoms with Gasteiger partial charge in [-0.2, -0.15) is 0 Å². The fourth-order valence-electron chi connectivity index (χ4n) is 2.98. The summed E-state index contributed by atoms with van der Waals surface area (Å²) in [6, 6.07) is 0. The van der Waals surface area contributed by atoms with Gasteiger partial charge in [0.15, 0.2) is 0 Å². The van der Waals surface area contributed by atoms with Gasteiger partial charge in [0.05, 0.1) is 13.0 Å². The van der Waals surface area contributed by atoms with Gasteiger partial charge in [0.1, 0.15) is 5.78 Å². The smallest absolute Gasteiger partial charge is 0.224 e. The van der Waals surface area contributed by atoms with Crippen molar-refractivity contribution in [3.8, 4) is 0 Å². The molecule has 2 aliphatic heterocycles. The zero-order chi connectivity index (χ0) is 17.4. The Hall–Kier alpha value is -1.69. The number of Topliss-reactive ketones (excluding diaryl/α,β-unsaturated/α-hetero) is 1. The number of likely N-dealkylation sites (tertiary alicyclic amines) is 2. The van der Waals surface area contributed by atoms with Crippen molar-refractivity contribution in [2.75, 3.05) is 39.4 Å². The fraction of sp³-hybridized carbons (Fsp3) is 0.722. The molecule has 2 aliphatic rings. The molecule has 0 unspecified atom stereocenters. The van der Waals surface area contributed by atoms with Gasteiger partial charge in [-0.3, -0.25) is 14.4 Å². The van der Waals surface area contributed by atoms with Crippen LogP contribution in [0.1, 0.15) is 44.9 Å². The second-order valence-corrected chi connectivity index (χ2v) is 6.52. The molecule has 0 atom stereocenters. The molecule has 0 radical (unpaired) electrons. The lowest BCUT2D eigenvalue weighted by Crippen LogP contribution is -2.38. The quantitative estimate of drug-likeness (QED) is 0.522. The molecular weight excluding hydrogens is 308 g/mol. The van der Waals surface area contributed by atoms with E-state index >= 15 is 0 Å². The normalized spacial score (nSPS) is 18.8. The van der Waals surface area contributed by atoms with E-state index in [4.69, 9.17) is 4.74 Å². The first kappa shape index (κ1) is 18.6. The van der Waals surface area contributed by atoms with Crippen LogP contribution in [0.25, 0.3) is 0 Å². The first-order chi connectivity index (χ1) is 11.6.